The first-order valence-electron chi connectivity index (χ1n) is 6.51. The van der Waals surface area contributed by atoms with Crippen molar-refractivity contribution in [2.75, 3.05) is 20.2 Å². The smallest absolute Gasteiger partial charge is 0.330 e. The standard InChI is InChI=1S/C15H21NO3/c1-15(2,3)14(17)19-16-9-12(10-16)11-5-7-13(18-4)8-6-11/h5-8,12H,9-10H2,1-4H3. The minimum absolute atomic E-state index is 0.180. The van der Waals surface area contributed by atoms with Gasteiger partial charge in [0.1, 0.15) is 5.75 Å². The van der Waals surface area contributed by atoms with E-state index in [2.05, 4.69) is 12.1 Å². The number of benzene rings is 1. The number of nitrogens with zero attached hydrogens (tertiary/aromatic N) is 1. The summed E-state index contributed by atoms with van der Waals surface area (Å²) in [5.41, 5.74) is 0.800. The third kappa shape index (κ3) is 3.26. The Hall–Kier alpha value is -1.55. The number of carbonyl (C=O) groups excluding carboxylic acids is 1. The quantitative estimate of drug-likeness (QED) is 0.840. The van der Waals surface area contributed by atoms with Gasteiger partial charge in [0.25, 0.3) is 0 Å². The second kappa shape index (κ2) is 5.21. The summed E-state index contributed by atoms with van der Waals surface area (Å²) in [5.74, 6) is 1.11. The van der Waals surface area contributed by atoms with Crippen LogP contribution in [0.15, 0.2) is 24.3 Å². The van der Waals surface area contributed by atoms with Crippen molar-refractivity contribution in [3.8, 4) is 5.75 Å². The van der Waals surface area contributed by atoms with Gasteiger partial charge in [0.2, 0.25) is 0 Å². The predicted molar refractivity (Wildman–Crippen MR) is 72.9 cm³/mol. The Morgan fingerprint density at radius 1 is 1.21 bits per heavy atom. The summed E-state index contributed by atoms with van der Waals surface area (Å²) in [6, 6.07) is 8.04. The number of hydroxylamine groups is 2. The van der Waals surface area contributed by atoms with Gasteiger partial charge in [0.15, 0.2) is 0 Å². The van der Waals surface area contributed by atoms with Gasteiger partial charge in [-0.25, -0.2) is 4.79 Å². The van der Waals surface area contributed by atoms with Crippen LogP contribution in [0.5, 0.6) is 5.75 Å². The number of hydrogen-bond acceptors (Lipinski definition) is 4. The molecule has 0 N–H and O–H groups in total. The van der Waals surface area contributed by atoms with E-state index in [0.717, 1.165) is 18.8 Å². The van der Waals surface area contributed by atoms with Crippen LogP contribution in [0.2, 0.25) is 0 Å². The number of ether oxygens (including phenoxy) is 1. The molecule has 4 nitrogen and oxygen atoms in total. The molecule has 104 valence electrons. The van der Waals surface area contributed by atoms with Crippen molar-refractivity contribution in [1.29, 1.82) is 0 Å². The topological polar surface area (TPSA) is 38.8 Å². The molecule has 0 bridgehead atoms. The third-order valence-electron chi connectivity index (χ3n) is 3.26. The highest BCUT2D eigenvalue weighted by Crippen LogP contribution is 2.29. The first kappa shape index (κ1) is 13.9. The van der Waals surface area contributed by atoms with E-state index < -0.39 is 5.41 Å². The molecule has 2 rings (SSSR count). The molecule has 19 heavy (non-hydrogen) atoms. The SMILES string of the molecule is COc1ccc(C2CN(OC(=O)C(C)(C)C)C2)cc1. The predicted octanol–water partition coefficient (Wildman–Crippen LogP) is 2.60. The molecule has 0 aliphatic carbocycles. The lowest BCUT2D eigenvalue weighted by atomic mass is 9.93. The van der Waals surface area contributed by atoms with Crippen LogP contribution >= 0.6 is 0 Å². The number of carbonyl (C=O) groups is 1. The third-order valence-corrected chi connectivity index (χ3v) is 3.26. The van der Waals surface area contributed by atoms with E-state index in [1.807, 2.05) is 32.9 Å². The fourth-order valence-corrected chi connectivity index (χ4v) is 1.85. The maximum Gasteiger partial charge on any atom is 0.330 e. The molecule has 0 spiro atoms. The Kier molecular flexibility index (Phi) is 3.80. The molecule has 1 aliphatic heterocycles. The summed E-state index contributed by atoms with van der Waals surface area (Å²) in [4.78, 5) is 17.0. The molecule has 1 heterocycles. The van der Waals surface area contributed by atoms with Crippen LogP contribution in [-0.2, 0) is 9.63 Å². The number of hydrogen-bond donors (Lipinski definition) is 0. The lowest BCUT2D eigenvalue weighted by Gasteiger charge is -2.38. The van der Waals surface area contributed by atoms with E-state index in [1.165, 1.54) is 5.56 Å². The lowest BCUT2D eigenvalue weighted by Crippen LogP contribution is -2.47. The minimum Gasteiger partial charge on any atom is -0.497 e. The van der Waals surface area contributed by atoms with Crippen LogP contribution in [0.4, 0.5) is 0 Å². The number of methoxy groups -OCH3 is 1. The first-order chi connectivity index (χ1) is 8.90. The molecule has 1 aromatic carbocycles. The summed E-state index contributed by atoms with van der Waals surface area (Å²) in [6.07, 6.45) is 0. The van der Waals surface area contributed by atoms with Crippen molar-refractivity contribution in [1.82, 2.24) is 5.06 Å². The maximum absolute atomic E-state index is 11.7. The van der Waals surface area contributed by atoms with E-state index in [4.69, 9.17) is 9.57 Å². The van der Waals surface area contributed by atoms with Gasteiger partial charge in [-0.3, -0.25) is 0 Å². The Balaban J connectivity index is 1.84. The molecule has 1 saturated heterocycles. The molecule has 0 saturated carbocycles. The van der Waals surface area contributed by atoms with Crippen molar-refractivity contribution in [2.24, 2.45) is 5.41 Å². The van der Waals surface area contributed by atoms with Crippen LogP contribution in [0, 0.1) is 5.41 Å². The average molecular weight is 263 g/mol. The summed E-state index contributed by atoms with van der Waals surface area (Å²) < 4.78 is 5.13. The van der Waals surface area contributed by atoms with Crippen molar-refractivity contribution in [2.45, 2.75) is 26.7 Å². The van der Waals surface area contributed by atoms with Crippen molar-refractivity contribution in [3.63, 3.8) is 0 Å². The summed E-state index contributed by atoms with van der Waals surface area (Å²) in [5, 5.41) is 1.72. The highest BCUT2D eigenvalue weighted by atomic mass is 16.7. The van der Waals surface area contributed by atoms with Crippen LogP contribution in [0.1, 0.15) is 32.3 Å². The van der Waals surface area contributed by atoms with Gasteiger partial charge < -0.3 is 9.57 Å². The van der Waals surface area contributed by atoms with E-state index in [9.17, 15) is 4.79 Å². The lowest BCUT2D eigenvalue weighted by molar-refractivity contribution is -0.220. The van der Waals surface area contributed by atoms with Crippen LogP contribution in [-0.4, -0.2) is 31.2 Å². The Labute approximate surface area is 114 Å². The molecule has 1 fully saturated rings. The molecular formula is C15H21NO3. The highest BCUT2D eigenvalue weighted by molar-refractivity contribution is 5.75. The molecule has 0 atom stereocenters. The monoisotopic (exact) mass is 263 g/mol. The van der Waals surface area contributed by atoms with Crippen molar-refractivity contribution < 1.29 is 14.4 Å². The summed E-state index contributed by atoms with van der Waals surface area (Å²) in [6.45, 7) is 7.09. The van der Waals surface area contributed by atoms with E-state index >= 15 is 0 Å². The van der Waals surface area contributed by atoms with Gasteiger partial charge in [0, 0.05) is 19.0 Å². The van der Waals surface area contributed by atoms with Crippen molar-refractivity contribution >= 4 is 5.97 Å². The minimum atomic E-state index is -0.453. The molecule has 0 radical (unpaired) electrons. The maximum atomic E-state index is 11.7. The van der Waals surface area contributed by atoms with E-state index in [-0.39, 0.29) is 5.97 Å². The summed E-state index contributed by atoms with van der Waals surface area (Å²) >= 11 is 0. The Morgan fingerprint density at radius 2 is 1.79 bits per heavy atom. The molecule has 0 unspecified atom stereocenters. The highest BCUT2D eigenvalue weighted by Gasteiger charge is 2.34. The van der Waals surface area contributed by atoms with Crippen molar-refractivity contribution in [3.05, 3.63) is 29.8 Å². The second-order valence-electron chi connectivity index (χ2n) is 5.95. The average Bonchev–Trinajstić information content (AvgIpc) is 2.32. The van der Waals surface area contributed by atoms with Crippen LogP contribution in [0.3, 0.4) is 0 Å². The molecule has 0 aromatic heterocycles. The van der Waals surface area contributed by atoms with Gasteiger partial charge in [-0.05, 0) is 38.5 Å². The van der Waals surface area contributed by atoms with Gasteiger partial charge >= 0.3 is 5.97 Å². The summed E-state index contributed by atoms with van der Waals surface area (Å²) in [7, 11) is 1.66. The van der Waals surface area contributed by atoms with E-state index in [1.54, 1.807) is 12.2 Å². The normalized spacial score (nSPS) is 16.8. The largest absolute Gasteiger partial charge is 0.497 e. The zero-order valence-electron chi connectivity index (χ0n) is 12.0. The van der Waals surface area contributed by atoms with Gasteiger partial charge in [-0.2, -0.15) is 0 Å². The van der Waals surface area contributed by atoms with Gasteiger partial charge in [-0.15, -0.1) is 5.06 Å². The Bertz CT molecular complexity index is 441. The zero-order chi connectivity index (χ0) is 14.0. The molecule has 4 heteroatoms. The molecule has 0 amide bonds. The van der Waals surface area contributed by atoms with Gasteiger partial charge in [0.05, 0.1) is 12.5 Å². The molecule has 1 aliphatic rings. The van der Waals surface area contributed by atoms with E-state index in [0.29, 0.717) is 5.92 Å². The molecule has 1 aromatic rings. The second-order valence-corrected chi connectivity index (χ2v) is 5.95. The van der Waals surface area contributed by atoms with Gasteiger partial charge in [-0.1, -0.05) is 12.1 Å². The van der Waals surface area contributed by atoms with Crippen LogP contribution in [0.25, 0.3) is 0 Å². The fraction of sp³-hybridized carbons (Fsp3) is 0.533. The Morgan fingerprint density at radius 3 is 2.26 bits per heavy atom. The van der Waals surface area contributed by atoms with Crippen LogP contribution < -0.4 is 4.74 Å². The number of rotatable bonds is 3. The fourth-order valence-electron chi connectivity index (χ4n) is 1.85. The zero-order valence-corrected chi connectivity index (χ0v) is 12.0. The first-order valence-corrected chi connectivity index (χ1v) is 6.51. The molecular weight excluding hydrogens is 242 g/mol.